The molecule has 2 aromatic rings. The first kappa shape index (κ1) is 13.3. The second kappa shape index (κ2) is 6.73. The molecule has 0 saturated heterocycles. The van der Waals surface area contributed by atoms with Crippen molar-refractivity contribution in [2.45, 2.75) is 13.3 Å². The minimum absolute atomic E-state index is 0.208. The quantitative estimate of drug-likeness (QED) is 0.865. The third-order valence-electron chi connectivity index (χ3n) is 2.69. The minimum atomic E-state index is -0.208. The van der Waals surface area contributed by atoms with Crippen molar-refractivity contribution in [3.8, 4) is 5.75 Å². The van der Waals surface area contributed by atoms with E-state index >= 15 is 0 Å². The fraction of sp³-hybridized carbons (Fsp3) is 0.267. The number of nitrogens with zero attached hydrogens (tertiary/aromatic N) is 1. The third kappa shape index (κ3) is 3.95. The predicted molar refractivity (Wildman–Crippen MR) is 74.0 cm³/mol. The van der Waals surface area contributed by atoms with E-state index in [-0.39, 0.29) is 5.82 Å². The van der Waals surface area contributed by atoms with Crippen LogP contribution in [-0.2, 0) is 6.42 Å². The summed E-state index contributed by atoms with van der Waals surface area (Å²) in [7, 11) is 0. The Morgan fingerprint density at radius 3 is 2.74 bits per heavy atom. The van der Waals surface area contributed by atoms with Gasteiger partial charge in [0.05, 0.1) is 6.61 Å². The van der Waals surface area contributed by atoms with Crippen LogP contribution >= 0.6 is 0 Å². The zero-order chi connectivity index (χ0) is 13.5. The number of benzene rings is 1. The van der Waals surface area contributed by atoms with Gasteiger partial charge in [-0.05, 0) is 43.2 Å². The van der Waals surface area contributed by atoms with Gasteiger partial charge in [0.15, 0.2) is 11.6 Å². The molecule has 2 rings (SSSR count). The molecule has 0 bridgehead atoms. The van der Waals surface area contributed by atoms with Crippen molar-refractivity contribution >= 4 is 5.82 Å². The van der Waals surface area contributed by atoms with Gasteiger partial charge in [-0.3, -0.25) is 0 Å². The van der Waals surface area contributed by atoms with Crippen molar-refractivity contribution in [2.24, 2.45) is 0 Å². The van der Waals surface area contributed by atoms with E-state index in [1.54, 1.807) is 18.3 Å². The molecule has 0 saturated carbocycles. The van der Waals surface area contributed by atoms with E-state index in [9.17, 15) is 4.39 Å². The van der Waals surface area contributed by atoms with Crippen molar-refractivity contribution in [2.75, 3.05) is 18.5 Å². The van der Waals surface area contributed by atoms with E-state index in [1.165, 1.54) is 12.1 Å². The van der Waals surface area contributed by atoms with Crippen LogP contribution in [0.15, 0.2) is 42.6 Å². The van der Waals surface area contributed by atoms with Gasteiger partial charge in [0.2, 0.25) is 0 Å². The first-order valence-corrected chi connectivity index (χ1v) is 6.35. The molecule has 1 aromatic heterocycles. The molecular weight excluding hydrogens is 243 g/mol. The third-order valence-corrected chi connectivity index (χ3v) is 2.69. The Hall–Kier alpha value is -2.10. The van der Waals surface area contributed by atoms with Crippen molar-refractivity contribution in [3.63, 3.8) is 0 Å². The molecule has 19 heavy (non-hydrogen) atoms. The Morgan fingerprint density at radius 2 is 2.00 bits per heavy atom. The van der Waals surface area contributed by atoms with Gasteiger partial charge in [-0.15, -0.1) is 0 Å². The molecule has 0 aliphatic rings. The molecule has 0 amide bonds. The molecule has 100 valence electrons. The zero-order valence-corrected chi connectivity index (χ0v) is 10.9. The molecule has 0 radical (unpaired) electrons. The first-order chi connectivity index (χ1) is 9.29. The average molecular weight is 260 g/mol. The van der Waals surface area contributed by atoms with E-state index in [4.69, 9.17) is 4.74 Å². The molecule has 1 aromatic carbocycles. The van der Waals surface area contributed by atoms with Gasteiger partial charge in [-0.1, -0.05) is 12.1 Å². The van der Waals surface area contributed by atoms with Crippen LogP contribution in [0.4, 0.5) is 10.2 Å². The van der Waals surface area contributed by atoms with Crippen molar-refractivity contribution < 1.29 is 9.13 Å². The summed E-state index contributed by atoms with van der Waals surface area (Å²) >= 11 is 0. The number of ether oxygens (including phenoxy) is 1. The standard InChI is InChI=1S/C15H17FN2O/c1-2-19-14-4-3-10-17-15(14)18-11-9-12-5-7-13(16)8-6-12/h3-8,10H,2,9,11H2,1H3,(H,17,18). The predicted octanol–water partition coefficient (Wildman–Crippen LogP) is 3.27. The van der Waals surface area contributed by atoms with Gasteiger partial charge in [0, 0.05) is 12.7 Å². The Morgan fingerprint density at radius 1 is 1.21 bits per heavy atom. The van der Waals surface area contributed by atoms with Crippen LogP contribution in [-0.4, -0.2) is 18.1 Å². The molecular formula is C15H17FN2O. The summed E-state index contributed by atoms with van der Waals surface area (Å²) in [4.78, 5) is 4.25. The summed E-state index contributed by atoms with van der Waals surface area (Å²) < 4.78 is 18.3. The zero-order valence-electron chi connectivity index (χ0n) is 10.9. The molecule has 0 fully saturated rings. The van der Waals surface area contributed by atoms with Gasteiger partial charge >= 0.3 is 0 Å². The molecule has 0 aliphatic heterocycles. The van der Waals surface area contributed by atoms with Gasteiger partial charge in [0.1, 0.15) is 5.82 Å². The van der Waals surface area contributed by atoms with E-state index in [1.807, 2.05) is 19.1 Å². The average Bonchev–Trinajstić information content (AvgIpc) is 2.43. The van der Waals surface area contributed by atoms with Crippen molar-refractivity contribution in [3.05, 3.63) is 54.0 Å². The second-order valence-corrected chi connectivity index (χ2v) is 4.09. The highest BCUT2D eigenvalue weighted by molar-refractivity contribution is 5.49. The molecule has 0 atom stereocenters. The van der Waals surface area contributed by atoms with Gasteiger partial charge in [0.25, 0.3) is 0 Å². The van der Waals surface area contributed by atoms with Crippen LogP contribution in [0.5, 0.6) is 5.75 Å². The van der Waals surface area contributed by atoms with Crippen LogP contribution in [0.25, 0.3) is 0 Å². The summed E-state index contributed by atoms with van der Waals surface area (Å²) in [5.41, 5.74) is 1.09. The lowest BCUT2D eigenvalue weighted by atomic mass is 10.1. The van der Waals surface area contributed by atoms with E-state index in [2.05, 4.69) is 10.3 Å². The summed E-state index contributed by atoms with van der Waals surface area (Å²) in [6, 6.07) is 10.3. The number of halogens is 1. The van der Waals surface area contributed by atoms with Crippen LogP contribution in [0.1, 0.15) is 12.5 Å². The topological polar surface area (TPSA) is 34.1 Å². The molecule has 0 unspecified atom stereocenters. The largest absolute Gasteiger partial charge is 0.490 e. The number of hydrogen-bond donors (Lipinski definition) is 1. The number of hydrogen-bond acceptors (Lipinski definition) is 3. The molecule has 0 spiro atoms. The van der Waals surface area contributed by atoms with E-state index < -0.39 is 0 Å². The van der Waals surface area contributed by atoms with Crippen molar-refractivity contribution in [1.82, 2.24) is 4.98 Å². The number of anilines is 1. The number of rotatable bonds is 6. The highest BCUT2D eigenvalue weighted by atomic mass is 19.1. The lowest BCUT2D eigenvalue weighted by Crippen LogP contribution is -2.08. The highest BCUT2D eigenvalue weighted by Crippen LogP contribution is 2.20. The summed E-state index contributed by atoms with van der Waals surface area (Å²) in [5.74, 6) is 1.29. The smallest absolute Gasteiger partial charge is 0.168 e. The summed E-state index contributed by atoms with van der Waals surface area (Å²) in [6.07, 6.45) is 2.53. The van der Waals surface area contributed by atoms with Crippen LogP contribution < -0.4 is 10.1 Å². The van der Waals surface area contributed by atoms with Crippen molar-refractivity contribution in [1.29, 1.82) is 0 Å². The molecule has 3 nitrogen and oxygen atoms in total. The Bertz CT molecular complexity index is 514. The van der Waals surface area contributed by atoms with Gasteiger partial charge in [-0.2, -0.15) is 0 Å². The maximum absolute atomic E-state index is 12.8. The van der Waals surface area contributed by atoms with Crippen LogP contribution in [0.2, 0.25) is 0 Å². The number of nitrogens with one attached hydrogen (secondary N) is 1. The molecule has 1 N–H and O–H groups in total. The molecule has 1 heterocycles. The lowest BCUT2D eigenvalue weighted by molar-refractivity contribution is 0.340. The SMILES string of the molecule is CCOc1cccnc1NCCc1ccc(F)cc1. The fourth-order valence-corrected chi connectivity index (χ4v) is 1.77. The number of aromatic nitrogens is 1. The fourth-order valence-electron chi connectivity index (χ4n) is 1.77. The van der Waals surface area contributed by atoms with Gasteiger partial charge in [-0.25, -0.2) is 9.37 Å². The Labute approximate surface area is 112 Å². The van der Waals surface area contributed by atoms with Gasteiger partial charge < -0.3 is 10.1 Å². The Kier molecular flexibility index (Phi) is 4.72. The highest BCUT2D eigenvalue weighted by Gasteiger charge is 2.03. The monoisotopic (exact) mass is 260 g/mol. The Balaban J connectivity index is 1.90. The van der Waals surface area contributed by atoms with E-state index in [0.29, 0.717) is 6.61 Å². The lowest BCUT2D eigenvalue weighted by Gasteiger charge is -2.10. The molecule has 4 heteroatoms. The second-order valence-electron chi connectivity index (χ2n) is 4.09. The maximum Gasteiger partial charge on any atom is 0.168 e. The summed E-state index contributed by atoms with van der Waals surface area (Å²) in [5, 5.41) is 3.23. The van der Waals surface area contributed by atoms with Crippen LogP contribution in [0, 0.1) is 5.82 Å². The van der Waals surface area contributed by atoms with Crippen LogP contribution in [0.3, 0.4) is 0 Å². The summed E-state index contributed by atoms with van der Waals surface area (Å²) in [6.45, 7) is 3.27. The minimum Gasteiger partial charge on any atom is -0.490 e. The molecule has 0 aliphatic carbocycles. The number of pyridine rings is 1. The maximum atomic E-state index is 12.8. The van der Waals surface area contributed by atoms with E-state index in [0.717, 1.165) is 30.1 Å². The normalized spacial score (nSPS) is 10.2. The first-order valence-electron chi connectivity index (χ1n) is 6.35.